The molecule has 1 aliphatic heterocycles. The number of halogens is 1. The zero-order valence-electron chi connectivity index (χ0n) is 8.16. The van der Waals surface area contributed by atoms with Crippen LogP contribution in [0.4, 0.5) is 5.82 Å². The number of anilines is 1. The molecular weight excluding hydrogens is 262 g/mol. The molecule has 80 valence electrons. The summed E-state index contributed by atoms with van der Waals surface area (Å²) in [4.78, 5) is 23.5. The van der Waals surface area contributed by atoms with E-state index in [1.165, 1.54) is 10.9 Å². The Morgan fingerprint density at radius 2 is 2.33 bits per heavy atom. The summed E-state index contributed by atoms with van der Waals surface area (Å²) >= 11 is 3.22. The van der Waals surface area contributed by atoms with Crippen molar-refractivity contribution < 1.29 is 9.59 Å². The topological polar surface area (TPSA) is 64.0 Å². The van der Waals surface area contributed by atoms with E-state index in [0.29, 0.717) is 16.7 Å². The van der Waals surface area contributed by atoms with Crippen molar-refractivity contribution in [2.75, 3.05) is 5.32 Å². The fourth-order valence-electron chi connectivity index (χ4n) is 1.62. The molecule has 6 heteroatoms. The highest BCUT2D eigenvalue weighted by molar-refractivity contribution is 9.10. The number of nitrogens with one attached hydrogen (secondary N) is 1. The highest BCUT2D eigenvalue weighted by Gasteiger charge is 2.35. The Bertz CT molecular complexity index is 427. The first-order valence-corrected chi connectivity index (χ1v) is 5.53. The summed E-state index contributed by atoms with van der Waals surface area (Å²) in [6.45, 7) is 1.94. The maximum Gasteiger partial charge on any atom is 0.261 e. The van der Waals surface area contributed by atoms with E-state index in [0.717, 1.165) is 6.42 Å². The first-order valence-electron chi connectivity index (χ1n) is 4.73. The minimum Gasteiger partial charge on any atom is -0.309 e. The SMILES string of the molecule is CCCC1C(=O)Nc2c(Br)cnn2C1=O. The fraction of sp³-hybridized carbons (Fsp3) is 0.444. The molecule has 2 rings (SSSR count). The van der Waals surface area contributed by atoms with Crippen LogP contribution >= 0.6 is 15.9 Å². The fourth-order valence-corrected chi connectivity index (χ4v) is 1.97. The lowest BCUT2D eigenvalue weighted by atomic mass is 10.0. The summed E-state index contributed by atoms with van der Waals surface area (Å²) in [5.74, 6) is -0.663. The number of hydrogen-bond donors (Lipinski definition) is 1. The van der Waals surface area contributed by atoms with Crippen LogP contribution in [0.3, 0.4) is 0 Å². The molecule has 0 aliphatic carbocycles. The lowest BCUT2D eigenvalue weighted by molar-refractivity contribution is -0.119. The van der Waals surface area contributed by atoms with Gasteiger partial charge in [-0.1, -0.05) is 13.3 Å². The maximum atomic E-state index is 11.8. The van der Waals surface area contributed by atoms with Gasteiger partial charge in [-0.25, -0.2) is 0 Å². The second-order valence-corrected chi connectivity index (χ2v) is 4.28. The molecule has 1 atom stereocenters. The van der Waals surface area contributed by atoms with Crippen molar-refractivity contribution in [3.63, 3.8) is 0 Å². The predicted molar refractivity (Wildman–Crippen MR) is 57.6 cm³/mol. The van der Waals surface area contributed by atoms with Gasteiger partial charge in [0.25, 0.3) is 5.91 Å². The quantitative estimate of drug-likeness (QED) is 0.832. The van der Waals surface area contributed by atoms with Gasteiger partial charge < -0.3 is 5.32 Å². The summed E-state index contributed by atoms with van der Waals surface area (Å²) in [6, 6.07) is 0. The minimum atomic E-state index is -0.603. The van der Waals surface area contributed by atoms with Crippen LogP contribution in [0.1, 0.15) is 24.6 Å². The number of carbonyl (C=O) groups is 2. The number of amides is 1. The molecule has 15 heavy (non-hydrogen) atoms. The van der Waals surface area contributed by atoms with Crippen molar-refractivity contribution >= 4 is 33.6 Å². The molecule has 0 bridgehead atoms. The Hall–Kier alpha value is -1.17. The summed E-state index contributed by atoms with van der Waals surface area (Å²) in [7, 11) is 0. The Balaban J connectivity index is 2.39. The van der Waals surface area contributed by atoms with Gasteiger partial charge in [-0.3, -0.25) is 9.59 Å². The molecule has 0 spiro atoms. The minimum absolute atomic E-state index is 0.240. The molecule has 1 unspecified atom stereocenters. The van der Waals surface area contributed by atoms with Crippen LogP contribution in [-0.4, -0.2) is 21.6 Å². The van der Waals surface area contributed by atoms with Crippen LogP contribution in [0.5, 0.6) is 0 Å². The normalized spacial score (nSPS) is 20.0. The Labute approximate surface area is 95.0 Å². The molecule has 1 amide bonds. The monoisotopic (exact) mass is 271 g/mol. The zero-order valence-corrected chi connectivity index (χ0v) is 9.74. The largest absolute Gasteiger partial charge is 0.309 e. The van der Waals surface area contributed by atoms with Crippen LogP contribution in [0.25, 0.3) is 0 Å². The number of carbonyl (C=O) groups excluding carboxylic acids is 2. The zero-order chi connectivity index (χ0) is 11.0. The predicted octanol–water partition coefficient (Wildman–Crippen LogP) is 1.65. The van der Waals surface area contributed by atoms with Crippen LogP contribution in [0, 0.1) is 5.92 Å². The first kappa shape index (κ1) is 10.4. The van der Waals surface area contributed by atoms with Gasteiger partial charge in [0.15, 0.2) is 5.82 Å². The Kier molecular flexibility index (Phi) is 2.60. The van der Waals surface area contributed by atoms with E-state index in [4.69, 9.17) is 0 Å². The highest BCUT2D eigenvalue weighted by Crippen LogP contribution is 2.28. The van der Waals surface area contributed by atoms with E-state index in [2.05, 4.69) is 26.3 Å². The summed E-state index contributed by atoms with van der Waals surface area (Å²) < 4.78 is 1.87. The lowest BCUT2D eigenvalue weighted by Gasteiger charge is -2.21. The number of rotatable bonds is 2. The summed E-state index contributed by atoms with van der Waals surface area (Å²) in [5.41, 5.74) is 0. The van der Waals surface area contributed by atoms with E-state index < -0.39 is 5.92 Å². The molecule has 0 fully saturated rings. The maximum absolute atomic E-state index is 11.8. The molecule has 1 aromatic rings. The van der Waals surface area contributed by atoms with Crippen LogP contribution in [0.2, 0.25) is 0 Å². The molecule has 0 saturated heterocycles. The van der Waals surface area contributed by atoms with Crippen molar-refractivity contribution in [2.45, 2.75) is 19.8 Å². The third kappa shape index (κ3) is 1.58. The van der Waals surface area contributed by atoms with E-state index >= 15 is 0 Å². The van der Waals surface area contributed by atoms with Gasteiger partial charge in [-0.2, -0.15) is 9.78 Å². The second-order valence-electron chi connectivity index (χ2n) is 3.42. The van der Waals surface area contributed by atoms with Gasteiger partial charge in [0, 0.05) is 0 Å². The van der Waals surface area contributed by atoms with Gasteiger partial charge in [0.05, 0.1) is 10.7 Å². The van der Waals surface area contributed by atoms with Crippen molar-refractivity contribution in [1.82, 2.24) is 9.78 Å². The van der Waals surface area contributed by atoms with Gasteiger partial charge in [0.2, 0.25) is 5.91 Å². The number of aromatic nitrogens is 2. The van der Waals surface area contributed by atoms with Crippen LogP contribution in [-0.2, 0) is 4.79 Å². The molecule has 1 aliphatic rings. The molecule has 0 saturated carbocycles. The number of nitrogens with zero attached hydrogens (tertiary/aromatic N) is 2. The van der Waals surface area contributed by atoms with Gasteiger partial charge in [-0.05, 0) is 22.4 Å². The van der Waals surface area contributed by atoms with Crippen molar-refractivity contribution in [2.24, 2.45) is 5.92 Å². The third-order valence-corrected chi connectivity index (χ3v) is 2.95. The molecule has 2 heterocycles. The van der Waals surface area contributed by atoms with Gasteiger partial charge in [-0.15, -0.1) is 0 Å². The molecular formula is C9H10BrN3O2. The van der Waals surface area contributed by atoms with E-state index in [1.807, 2.05) is 6.92 Å². The Morgan fingerprint density at radius 3 is 3.00 bits per heavy atom. The van der Waals surface area contributed by atoms with Crippen molar-refractivity contribution in [1.29, 1.82) is 0 Å². The molecule has 0 aromatic carbocycles. The van der Waals surface area contributed by atoms with Crippen molar-refractivity contribution in [3.05, 3.63) is 10.7 Å². The summed E-state index contributed by atoms with van der Waals surface area (Å²) in [6.07, 6.45) is 2.85. The molecule has 1 N–H and O–H groups in total. The van der Waals surface area contributed by atoms with Crippen LogP contribution < -0.4 is 5.32 Å². The van der Waals surface area contributed by atoms with Gasteiger partial charge in [0.1, 0.15) is 5.92 Å². The third-order valence-electron chi connectivity index (χ3n) is 2.37. The molecule has 0 radical (unpaired) electrons. The lowest BCUT2D eigenvalue weighted by Crippen LogP contribution is -2.39. The average molecular weight is 272 g/mol. The van der Waals surface area contributed by atoms with E-state index in [1.54, 1.807) is 0 Å². The number of hydrogen-bond acceptors (Lipinski definition) is 3. The molecule has 5 nitrogen and oxygen atoms in total. The van der Waals surface area contributed by atoms with Crippen LogP contribution in [0.15, 0.2) is 10.7 Å². The standard InChI is InChI=1S/C9H10BrN3O2/c1-2-3-5-8(14)12-7-6(10)4-11-13(7)9(5)15/h4-5H,2-3H2,1H3,(H,12,14). The average Bonchev–Trinajstić information content (AvgIpc) is 2.55. The summed E-state index contributed by atoms with van der Waals surface area (Å²) in [5, 5.41) is 6.58. The van der Waals surface area contributed by atoms with Gasteiger partial charge >= 0.3 is 0 Å². The van der Waals surface area contributed by atoms with Crippen molar-refractivity contribution in [3.8, 4) is 0 Å². The molecule has 1 aromatic heterocycles. The first-order chi connectivity index (χ1) is 7.15. The smallest absolute Gasteiger partial charge is 0.261 e. The number of fused-ring (bicyclic) bond motifs is 1. The van der Waals surface area contributed by atoms with E-state index in [-0.39, 0.29) is 11.8 Å². The second kappa shape index (κ2) is 3.77. The van der Waals surface area contributed by atoms with E-state index in [9.17, 15) is 9.59 Å². The highest BCUT2D eigenvalue weighted by atomic mass is 79.9. The Morgan fingerprint density at radius 1 is 1.60 bits per heavy atom.